The molecule has 2 aromatic rings. The molecule has 1 N–H and O–H groups in total. The molecule has 1 fully saturated rings. The molecule has 0 unspecified atom stereocenters. The number of nitrogens with one attached hydrogen (secondary N) is 1. The highest BCUT2D eigenvalue weighted by molar-refractivity contribution is 6.05. The van der Waals surface area contributed by atoms with Gasteiger partial charge < -0.3 is 5.32 Å². The number of aryl methyl sites for hydroxylation is 1. The van der Waals surface area contributed by atoms with Crippen molar-refractivity contribution < 1.29 is 9.18 Å². The molecule has 0 radical (unpaired) electrons. The zero-order chi connectivity index (χ0) is 18.3. The number of carbonyl (C=O) groups excluding carboxylic acids is 1. The summed E-state index contributed by atoms with van der Waals surface area (Å²) < 4.78 is 13.8. The lowest BCUT2D eigenvalue weighted by atomic mass is 9.96. The van der Waals surface area contributed by atoms with Crippen LogP contribution >= 0.6 is 0 Å². The summed E-state index contributed by atoms with van der Waals surface area (Å²) in [6.45, 7) is 4.33. The lowest BCUT2D eigenvalue weighted by Gasteiger charge is -2.14. The summed E-state index contributed by atoms with van der Waals surface area (Å²) in [7, 11) is 0. The van der Waals surface area contributed by atoms with Crippen LogP contribution in [0.3, 0.4) is 0 Å². The van der Waals surface area contributed by atoms with Crippen LogP contribution in [0.1, 0.15) is 61.0 Å². The third-order valence-electron chi connectivity index (χ3n) is 5.87. The number of amides is 1. The SMILES string of the molecule is CCc1cc(C2=C(C)CC3(CC3)C2)ccc1NC(=O)c1ccccc1F. The van der Waals surface area contributed by atoms with Gasteiger partial charge in [-0.15, -0.1) is 0 Å². The Morgan fingerprint density at radius 1 is 1.15 bits per heavy atom. The second-order valence-corrected chi connectivity index (χ2v) is 7.77. The van der Waals surface area contributed by atoms with Crippen molar-refractivity contribution in [3.05, 3.63) is 70.5 Å². The first-order valence-corrected chi connectivity index (χ1v) is 9.39. The van der Waals surface area contributed by atoms with Crippen molar-refractivity contribution in [3.8, 4) is 0 Å². The van der Waals surface area contributed by atoms with Gasteiger partial charge in [0, 0.05) is 5.69 Å². The van der Waals surface area contributed by atoms with Crippen LogP contribution in [0.4, 0.5) is 10.1 Å². The number of rotatable bonds is 4. The smallest absolute Gasteiger partial charge is 0.258 e. The van der Waals surface area contributed by atoms with Gasteiger partial charge in [-0.2, -0.15) is 0 Å². The molecule has 0 saturated heterocycles. The van der Waals surface area contributed by atoms with E-state index in [0.29, 0.717) is 5.41 Å². The maximum Gasteiger partial charge on any atom is 0.258 e. The van der Waals surface area contributed by atoms with Gasteiger partial charge >= 0.3 is 0 Å². The Kier molecular flexibility index (Phi) is 4.18. The van der Waals surface area contributed by atoms with Crippen molar-refractivity contribution in [2.75, 3.05) is 5.32 Å². The van der Waals surface area contributed by atoms with Gasteiger partial charge in [-0.05, 0) is 85.4 Å². The van der Waals surface area contributed by atoms with Crippen LogP contribution < -0.4 is 5.32 Å². The summed E-state index contributed by atoms with van der Waals surface area (Å²) in [4.78, 5) is 12.4. The van der Waals surface area contributed by atoms with E-state index >= 15 is 0 Å². The van der Waals surface area contributed by atoms with Crippen LogP contribution in [0.15, 0.2) is 48.0 Å². The summed E-state index contributed by atoms with van der Waals surface area (Å²) in [5.41, 5.74) is 6.74. The van der Waals surface area contributed by atoms with E-state index in [-0.39, 0.29) is 5.56 Å². The molecule has 1 amide bonds. The number of hydrogen-bond donors (Lipinski definition) is 1. The van der Waals surface area contributed by atoms with E-state index in [4.69, 9.17) is 0 Å². The van der Waals surface area contributed by atoms with Gasteiger partial charge in [0.2, 0.25) is 0 Å². The van der Waals surface area contributed by atoms with E-state index in [1.807, 2.05) is 6.07 Å². The molecule has 2 nitrogen and oxygen atoms in total. The van der Waals surface area contributed by atoms with E-state index in [1.54, 1.807) is 12.1 Å². The number of allylic oxidation sites excluding steroid dienone is 2. The lowest BCUT2D eigenvalue weighted by molar-refractivity contribution is 0.102. The van der Waals surface area contributed by atoms with Gasteiger partial charge in [-0.25, -0.2) is 4.39 Å². The number of carbonyl (C=O) groups is 1. The van der Waals surface area contributed by atoms with E-state index in [2.05, 4.69) is 31.3 Å². The molecule has 2 aliphatic carbocycles. The van der Waals surface area contributed by atoms with Gasteiger partial charge in [0.25, 0.3) is 5.91 Å². The summed E-state index contributed by atoms with van der Waals surface area (Å²) >= 11 is 0. The van der Waals surface area contributed by atoms with E-state index < -0.39 is 11.7 Å². The molecule has 0 heterocycles. The fraction of sp³-hybridized carbons (Fsp3) is 0.348. The number of hydrogen-bond acceptors (Lipinski definition) is 1. The average Bonchev–Trinajstić information content (AvgIpc) is 3.30. The highest BCUT2D eigenvalue weighted by atomic mass is 19.1. The molecule has 0 atom stereocenters. The Morgan fingerprint density at radius 2 is 1.92 bits per heavy atom. The third kappa shape index (κ3) is 3.07. The quantitative estimate of drug-likeness (QED) is 0.722. The Balaban J connectivity index is 1.59. The van der Waals surface area contributed by atoms with Crippen LogP contribution in [0.2, 0.25) is 0 Å². The Labute approximate surface area is 154 Å². The topological polar surface area (TPSA) is 29.1 Å². The first-order valence-electron chi connectivity index (χ1n) is 9.39. The number of halogens is 1. The van der Waals surface area contributed by atoms with Gasteiger partial charge in [0.05, 0.1) is 5.56 Å². The zero-order valence-electron chi connectivity index (χ0n) is 15.4. The Hall–Kier alpha value is -2.42. The van der Waals surface area contributed by atoms with Crippen LogP contribution in [-0.4, -0.2) is 5.91 Å². The van der Waals surface area contributed by atoms with Crippen LogP contribution in [0.25, 0.3) is 5.57 Å². The first-order chi connectivity index (χ1) is 12.5. The van der Waals surface area contributed by atoms with Crippen molar-refractivity contribution >= 4 is 17.2 Å². The molecule has 0 bridgehead atoms. The minimum atomic E-state index is -0.499. The van der Waals surface area contributed by atoms with E-state index in [1.165, 1.54) is 54.5 Å². The minimum absolute atomic E-state index is 0.0728. The molecular weight excluding hydrogens is 325 g/mol. The Bertz CT molecular complexity index is 908. The first kappa shape index (κ1) is 17.0. The highest BCUT2D eigenvalue weighted by Crippen LogP contribution is 2.61. The normalized spacial score (nSPS) is 17.7. The van der Waals surface area contributed by atoms with Crippen LogP contribution in [-0.2, 0) is 6.42 Å². The van der Waals surface area contributed by atoms with E-state index in [9.17, 15) is 9.18 Å². The van der Waals surface area contributed by atoms with Crippen molar-refractivity contribution in [3.63, 3.8) is 0 Å². The summed E-state index contributed by atoms with van der Waals surface area (Å²) in [6.07, 6.45) is 5.94. The zero-order valence-corrected chi connectivity index (χ0v) is 15.4. The van der Waals surface area contributed by atoms with Crippen molar-refractivity contribution in [2.45, 2.75) is 46.0 Å². The predicted octanol–water partition coefficient (Wildman–Crippen LogP) is 5.99. The van der Waals surface area contributed by atoms with E-state index in [0.717, 1.165) is 17.7 Å². The average molecular weight is 349 g/mol. The largest absolute Gasteiger partial charge is 0.322 e. The molecule has 0 aromatic heterocycles. The van der Waals surface area contributed by atoms with Gasteiger partial charge in [-0.3, -0.25) is 4.79 Å². The van der Waals surface area contributed by atoms with Crippen molar-refractivity contribution in [1.82, 2.24) is 0 Å². The molecule has 2 aliphatic rings. The lowest BCUT2D eigenvalue weighted by Crippen LogP contribution is -2.15. The fourth-order valence-electron chi connectivity index (χ4n) is 4.17. The second-order valence-electron chi connectivity index (χ2n) is 7.77. The molecule has 1 saturated carbocycles. The minimum Gasteiger partial charge on any atom is -0.322 e. The maximum atomic E-state index is 13.8. The molecule has 2 aromatic carbocycles. The second kappa shape index (κ2) is 6.39. The van der Waals surface area contributed by atoms with Crippen LogP contribution in [0.5, 0.6) is 0 Å². The van der Waals surface area contributed by atoms with Gasteiger partial charge in [0.1, 0.15) is 5.82 Å². The van der Waals surface area contributed by atoms with Crippen LogP contribution in [0, 0.1) is 11.2 Å². The number of benzene rings is 2. The predicted molar refractivity (Wildman–Crippen MR) is 104 cm³/mol. The monoisotopic (exact) mass is 349 g/mol. The Morgan fingerprint density at radius 3 is 2.58 bits per heavy atom. The molecule has 4 rings (SSSR count). The van der Waals surface area contributed by atoms with Gasteiger partial charge in [0.15, 0.2) is 0 Å². The molecule has 134 valence electrons. The molecule has 0 aliphatic heterocycles. The third-order valence-corrected chi connectivity index (χ3v) is 5.87. The van der Waals surface area contributed by atoms with Crippen molar-refractivity contribution in [1.29, 1.82) is 0 Å². The summed E-state index contributed by atoms with van der Waals surface area (Å²) in [5, 5.41) is 2.88. The molecule has 26 heavy (non-hydrogen) atoms. The highest BCUT2D eigenvalue weighted by Gasteiger charge is 2.47. The number of anilines is 1. The fourth-order valence-corrected chi connectivity index (χ4v) is 4.17. The summed E-state index contributed by atoms with van der Waals surface area (Å²) in [6, 6.07) is 12.3. The maximum absolute atomic E-state index is 13.8. The molecule has 3 heteroatoms. The summed E-state index contributed by atoms with van der Waals surface area (Å²) in [5.74, 6) is -0.903. The van der Waals surface area contributed by atoms with Crippen molar-refractivity contribution in [2.24, 2.45) is 5.41 Å². The molecule has 1 spiro atoms. The van der Waals surface area contributed by atoms with Gasteiger partial charge in [-0.1, -0.05) is 30.7 Å². The standard InChI is InChI=1S/C23H24FNO/c1-3-16-12-17(19-14-23(10-11-23)13-15(19)2)8-9-21(16)25-22(26)18-6-4-5-7-20(18)24/h4-9,12H,3,10-11,13-14H2,1-2H3,(H,25,26). The molecular formula is C23H24FNO.